The number of ketones is 2. The number of carbonyl (C=O) groups is 2. The van der Waals surface area contributed by atoms with Crippen molar-refractivity contribution in [1.82, 2.24) is 0 Å². The Labute approximate surface area is 270 Å². The largest absolute Gasteiger partial charge is 1.00 e. The Morgan fingerprint density at radius 3 is 1.86 bits per heavy atom. The molecule has 0 aromatic heterocycles. The summed E-state index contributed by atoms with van der Waals surface area (Å²) in [7, 11) is -4.61. The molecule has 1 aliphatic rings. The minimum absolute atomic E-state index is 0. The first-order valence-electron chi connectivity index (χ1n) is 14.3. The van der Waals surface area contributed by atoms with Crippen molar-refractivity contribution in [2.75, 3.05) is 17.7 Å². The van der Waals surface area contributed by atoms with E-state index in [0.717, 1.165) is 19.3 Å². The van der Waals surface area contributed by atoms with E-state index in [-0.39, 0.29) is 74.0 Å². The minimum atomic E-state index is -4.61. The molecule has 0 fully saturated rings. The number of nitrogen functional groups attached to an aromatic ring is 1. The molecule has 0 saturated heterocycles. The third-order valence-corrected chi connectivity index (χ3v) is 8.23. The van der Waals surface area contributed by atoms with E-state index in [1.165, 1.54) is 69.2 Å². The van der Waals surface area contributed by atoms with Crippen LogP contribution in [0.5, 0.6) is 5.75 Å². The third-order valence-electron chi connectivity index (χ3n) is 7.38. The fraction of sp³-hybridized carbons (Fsp3) is 0.375. The summed E-state index contributed by atoms with van der Waals surface area (Å²) in [6.07, 6.45) is 11.9. The Bertz CT molecular complexity index is 1510. The molecule has 3 aromatic carbocycles. The molecule has 0 spiro atoms. The molecule has 0 atom stereocenters. The Morgan fingerprint density at radius 1 is 0.786 bits per heavy atom. The van der Waals surface area contributed by atoms with Gasteiger partial charge in [0.1, 0.15) is 15.9 Å². The zero-order chi connectivity index (χ0) is 29.4. The third kappa shape index (κ3) is 8.23. The maximum atomic E-state index is 13.6. The summed E-state index contributed by atoms with van der Waals surface area (Å²) in [5, 5.41) is 3.10. The summed E-state index contributed by atoms with van der Waals surface area (Å²) in [4.78, 5) is 26.7. The van der Waals surface area contributed by atoms with Crippen LogP contribution in [-0.2, 0) is 10.1 Å². The second-order valence-corrected chi connectivity index (χ2v) is 11.8. The molecule has 0 unspecified atom stereocenters. The van der Waals surface area contributed by atoms with E-state index in [1.807, 2.05) is 0 Å². The van der Waals surface area contributed by atoms with Crippen molar-refractivity contribution < 1.29 is 56.9 Å². The van der Waals surface area contributed by atoms with Crippen molar-refractivity contribution in [2.24, 2.45) is 0 Å². The summed E-state index contributed by atoms with van der Waals surface area (Å²) in [5.41, 5.74) is 8.04. The number of benzene rings is 3. The fourth-order valence-corrected chi connectivity index (χ4v) is 5.61. The van der Waals surface area contributed by atoms with Gasteiger partial charge in [0.25, 0.3) is 0 Å². The van der Waals surface area contributed by atoms with Gasteiger partial charge in [-0.1, -0.05) is 89.0 Å². The second-order valence-electron chi connectivity index (χ2n) is 10.4. The standard InChI is InChI=1S/C32H38N2O6S.Na/c1-2-3-4-5-6-7-8-9-10-13-20-40-27-21-26(34-22-16-18-23(19-17-22)41(37,38)39)28-29(30(27)33)32(36)25-15-12-11-14-24(25)31(28)35;/h11-12,14-19,21,34H,2-10,13,20,33H2,1H3,(H,37,38,39);/q;+1/p-1. The van der Waals surface area contributed by atoms with Crippen LogP contribution in [-0.4, -0.2) is 31.1 Å². The average molecular weight is 601 g/mol. The normalized spacial score (nSPS) is 12.3. The number of nitrogens with two attached hydrogens (primary N) is 1. The molecule has 1 aliphatic carbocycles. The maximum absolute atomic E-state index is 13.6. The number of unbranched alkanes of at least 4 members (excludes halogenated alkanes) is 9. The van der Waals surface area contributed by atoms with E-state index in [0.29, 0.717) is 23.7 Å². The molecule has 0 saturated carbocycles. The van der Waals surface area contributed by atoms with Crippen LogP contribution in [0, 0.1) is 0 Å². The number of ether oxygens (including phenoxy) is 1. The first-order valence-corrected chi connectivity index (χ1v) is 15.7. The number of nitrogens with one attached hydrogen (secondary N) is 1. The van der Waals surface area contributed by atoms with Crippen LogP contribution in [0.4, 0.5) is 17.1 Å². The molecule has 8 nitrogen and oxygen atoms in total. The predicted octanol–water partition coefficient (Wildman–Crippen LogP) is 4.00. The summed E-state index contributed by atoms with van der Waals surface area (Å²) in [5.74, 6) is -0.432. The van der Waals surface area contributed by atoms with Gasteiger partial charge in [0.05, 0.1) is 34.0 Å². The van der Waals surface area contributed by atoms with Crippen molar-refractivity contribution in [1.29, 1.82) is 0 Å². The number of hydrogen-bond acceptors (Lipinski definition) is 8. The molecule has 0 radical (unpaired) electrons. The average Bonchev–Trinajstić information content (AvgIpc) is 2.95. The first kappa shape index (κ1) is 33.8. The summed E-state index contributed by atoms with van der Waals surface area (Å²) < 4.78 is 40.0. The molecule has 0 bridgehead atoms. The Balaban J connectivity index is 0.00000484. The number of anilines is 3. The number of rotatable bonds is 15. The Hall–Kier alpha value is -2.69. The van der Waals surface area contributed by atoms with E-state index in [1.54, 1.807) is 30.3 Å². The smallest absolute Gasteiger partial charge is 0.744 e. The predicted molar refractivity (Wildman–Crippen MR) is 159 cm³/mol. The molecule has 3 N–H and O–H groups in total. The van der Waals surface area contributed by atoms with Crippen LogP contribution < -0.4 is 45.3 Å². The quantitative estimate of drug-likeness (QED) is 0.0904. The van der Waals surface area contributed by atoms with E-state index in [4.69, 9.17) is 10.5 Å². The van der Waals surface area contributed by atoms with Crippen LogP contribution in [0.2, 0.25) is 0 Å². The zero-order valence-corrected chi connectivity index (χ0v) is 27.2. The molecule has 10 heteroatoms. The van der Waals surface area contributed by atoms with Gasteiger partial charge in [0, 0.05) is 22.9 Å². The number of fused-ring (bicyclic) bond motifs is 2. The molecular formula is C32H37N2NaO6S. The van der Waals surface area contributed by atoms with Crippen molar-refractivity contribution in [2.45, 2.75) is 76.0 Å². The van der Waals surface area contributed by atoms with Gasteiger partial charge < -0.3 is 20.3 Å². The Kier molecular flexibility index (Phi) is 12.6. The minimum Gasteiger partial charge on any atom is -0.744 e. The second kappa shape index (κ2) is 15.7. The maximum Gasteiger partial charge on any atom is 1.00 e. The van der Waals surface area contributed by atoms with Gasteiger partial charge in [0.15, 0.2) is 11.6 Å². The molecule has 42 heavy (non-hydrogen) atoms. The Morgan fingerprint density at radius 2 is 1.31 bits per heavy atom. The number of carbonyl (C=O) groups excluding carboxylic acids is 2. The molecule has 218 valence electrons. The van der Waals surface area contributed by atoms with Crippen molar-refractivity contribution in [3.8, 4) is 5.75 Å². The summed E-state index contributed by atoms with van der Waals surface area (Å²) >= 11 is 0. The van der Waals surface area contributed by atoms with Gasteiger partial charge in [-0.25, -0.2) is 8.42 Å². The van der Waals surface area contributed by atoms with Crippen LogP contribution in [0.25, 0.3) is 0 Å². The molecule has 0 amide bonds. The first-order chi connectivity index (χ1) is 19.7. The van der Waals surface area contributed by atoms with E-state index in [2.05, 4.69) is 12.2 Å². The van der Waals surface area contributed by atoms with Crippen molar-refractivity contribution in [3.05, 3.63) is 76.9 Å². The monoisotopic (exact) mass is 600 g/mol. The number of hydrogen-bond donors (Lipinski definition) is 2. The van der Waals surface area contributed by atoms with Crippen LogP contribution in [0.15, 0.2) is 59.5 Å². The fourth-order valence-electron chi connectivity index (χ4n) is 5.14. The SMILES string of the molecule is CCCCCCCCCCCCOc1cc(Nc2ccc(S(=O)(=O)[O-])cc2)c2c(c1N)C(=O)c1ccccc1C2=O.[Na+]. The zero-order valence-electron chi connectivity index (χ0n) is 24.4. The topological polar surface area (TPSA) is 139 Å². The van der Waals surface area contributed by atoms with Gasteiger partial charge in [-0.05, 0) is 30.7 Å². The van der Waals surface area contributed by atoms with Gasteiger partial charge in [-0.15, -0.1) is 0 Å². The van der Waals surface area contributed by atoms with Gasteiger partial charge in [0.2, 0.25) is 0 Å². The van der Waals surface area contributed by atoms with E-state index in [9.17, 15) is 22.6 Å². The molecule has 0 heterocycles. The van der Waals surface area contributed by atoms with Gasteiger partial charge in [-0.3, -0.25) is 9.59 Å². The van der Waals surface area contributed by atoms with Crippen molar-refractivity contribution >= 4 is 38.7 Å². The van der Waals surface area contributed by atoms with Crippen LogP contribution in [0.1, 0.15) is 103 Å². The molecular weight excluding hydrogens is 563 g/mol. The summed E-state index contributed by atoms with van der Waals surface area (Å²) in [6, 6.07) is 13.4. The van der Waals surface area contributed by atoms with E-state index >= 15 is 0 Å². The molecule has 0 aliphatic heterocycles. The summed E-state index contributed by atoms with van der Waals surface area (Å²) in [6.45, 7) is 2.63. The van der Waals surface area contributed by atoms with Crippen LogP contribution >= 0.6 is 0 Å². The molecule has 4 rings (SSSR count). The van der Waals surface area contributed by atoms with Crippen molar-refractivity contribution in [3.63, 3.8) is 0 Å². The van der Waals surface area contributed by atoms with Gasteiger partial charge in [-0.2, -0.15) is 0 Å². The van der Waals surface area contributed by atoms with Gasteiger partial charge >= 0.3 is 29.6 Å². The van der Waals surface area contributed by atoms with Crippen LogP contribution in [0.3, 0.4) is 0 Å². The molecule has 3 aromatic rings. The van der Waals surface area contributed by atoms with E-state index < -0.39 is 10.1 Å².